The van der Waals surface area contributed by atoms with Crippen LogP contribution in [0.5, 0.6) is 0 Å². The van der Waals surface area contributed by atoms with E-state index in [4.69, 9.17) is 4.74 Å². The van der Waals surface area contributed by atoms with E-state index < -0.39 is 0 Å². The maximum absolute atomic E-state index is 5.74. The maximum atomic E-state index is 5.74. The number of hydrogen-bond donors (Lipinski definition) is 0. The minimum atomic E-state index is 0.223. The summed E-state index contributed by atoms with van der Waals surface area (Å²) in [4.78, 5) is 0. The van der Waals surface area contributed by atoms with E-state index in [0.29, 0.717) is 5.41 Å². The molecule has 0 N–H and O–H groups in total. The van der Waals surface area contributed by atoms with Gasteiger partial charge in [-0.2, -0.15) is 0 Å². The van der Waals surface area contributed by atoms with E-state index >= 15 is 0 Å². The summed E-state index contributed by atoms with van der Waals surface area (Å²) in [5.74, 6) is 2.24. The molecule has 1 aromatic carbocycles. The van der Waals surface area contributed by atoms with Gasteiger partial charge in [-0.1, -0.05) is 87.4 Å². The Balaban J connectivity index is 2.16. The van der Waals surface area contributed by atoms with Gasteiger partial charge in [-0.3, -0.25) is 0 Å². The third kappa shape index (κ3) is 8.80. The van der Waals surface area contributed by atoms with Crippen molar-refractivity contribution in [3.8, 4) is 0 Å². The topological polar surface area (TPSA) is 9.23 Å². The van der Waals surface area contributed by atoms with Crippen molar-refractivity contribution in [1.82, 2.24) is 0 Å². The highest BCUT2D eigenvalue weighted by molar-refractivity contribution is 8.76. The molecule has 0 aliphatic carbocycles. The molecule has 0 aromatic heterocycles. The number of rotatable bonds is 7. The maximum Gasteiger partial charge on any atom is 0.0717 e. The second-order valence-corrected chi connectivity index (χ2v) is 10.2. The first-order valence-electron chi connectivity index (χ1n) is 7.60. The van der Waals surface area contributed by atoms with Crippen molar-refractivity contribution in [2.24, 2.45) is 5.41 Å². The number of ether oxygens (including phenoxy) is 1. The Morgan fingerprint density at radius 2 is 1.52 bits per heavy atom. The van der Waals surface area contributed by atoms with Gasteiger partial charge < -0.3 is 4.74 Å². The average molecular weight is 327 g/mol. The minimum Gasteiger partial charge on any atom is -0.376 e. The summed E-state index contributed by atoms with van der Waals surface area (Å²) in [5, 5.41) is 0. The van der Waals surface area contributed by atoms with Crippen LogP contribution >= 0.6 is 21.6 Å². The summed E-state index contributed by atoms with van der Waals surface area (Å²) < 4.78 is 5.74. The van der Waals surface area contributed by atoms with Crippen LogP contribution in [0.4, 0.5) is 0 Å². The molecule has 0 fully saturated rings. The van der Waals surface area contributed by atoms with Crippen molar-refractivity contribution in [3.63, 3.8) is 0 Å². The number of hydrogen-bond acceptors (Lipinski definition) is 3. The molecule has 0 spiro atoms. The molecule has 1 rings (SSSR count). The Bertz CT molecular complexity index is 399. The van der Waals surface area contributed by atoms with Crippen molar-refractivity contribution in [1.29, 1.82) is 0 Å². The van der Waals surface area contributed by atoms with E-state index in [-0.39, 0.29) is 5.41 Å². The highest BCUT2D eigenvalue weighted by atomic mass is 33.1. The van der Waals surface area contributed by atoms with Gasteiger partial charge in [0, 0.05) is 11.5 Å². The van der Waals surface area contributed by atoms with Gasteiger partial charge in [0.1, 0.15) is 0 Å². The van der Waals surface area contributed by atoms with E-state index in [2.05, 4.69) is 65.8 Å². The molecule has 0 saturated heterocycles. The molecule has 1 nitrogen and oxygen atoms in total. The van der Waals surface area contributed by atoms with Crippen LogP contribution in [-0.4, -0.2) is 18.1 Å². The van der Waals surface area contributed by atoms with Crippen molar-refractivity contribution in [2.75, 3.05) is 18.1 Å². The first-order chi connectivity index (χ1) is 9.68. The normalized spacial score (nSPS) is 12.7. The summed E-state index contributed by atoms with van der Waals surface area (Å²) >= 11 is 0. The highest BCUT2D eigenvalue weighted by Crippen LogP contribution is 2.29. The van der Waals surface area contributed by atoms with E-state index in [1.807, 2.05) is 21.6 Å². The third-order valence-corrected chi connectivity index (χ3v) is 5.81. The van der Waals surface area contributed by atoms with Gasteiger partial charge in [0.2, 0.25) is 0 Å². The first-order valence-corrected chi connectivity index (χ1v) is 10.1. The van der Waals surface area contributed by atoms with E-state index in [1.54, 1.807) is 0 Å². The Labute approximate surface area is 139 Å². The van der Waals surface area contributed by atoms with Gasteiger partial charge in [-0.15, -0.1) is 0 Å². The molecule has 0 heterocycles. The Hall–Kier alpha value is -0.120. The zero-order chi connectivity index (χ0) is 15.9. The molecule has 0 radical (unpaired) electrons. The summed E-state index contributed by atoms with van der Waals surface area (Å²) in [6, 6.07) is 8.80. The van der Waals surface area contributed by atoms with Crippen LogP contribution in [-0.2, 0) is 16.8 Å². The Morgan fingerprint density at radius 3 is 2.05 bits per heavy atom. The SMILES string of the molecule is CC(C)(C)CSSCCOCc1ccc(C(C)(C)C)cc1. The Kier molecular flexibility index (Phi) is 7.66. The lowest BCUT2D eigenvalue weighted by atomic mass is 9.87. The molecule has 0 aliphatic rings. The molecule has 120 valence electrons. The summed E-state index contributed by atoms with van der Waals surface area (Å²) in [7, 11) is 3.86. The van der Waals surface area contributed by atoms with Crippen molar-refractivity contribution < 1.29 is 4.74 Å². The van der Waals surface area contributed by atoms with Crippen LogP contribution in [0.25, 0.3) is 0 Å². The van der Waals surface area contributed by atoms with Crippen LogP contribution in [0.2, 0.25) is 0 Å². The van der Waals surface area contributed by atoms with Crippen LogP contribution < -0.4 is 0 Å². The standard InChI is InChI=1S/C18H30OS2/c1-17(2,3)14-21-20-12-11-19-13-15-7-9-16(10-8-15)18(4,5)6/h7-10H,11-14H2,1-6H3. The second-order valence-electron chi connectivity index (χ2n) is 7.64. The molecule has 0 aliphatic heterocycles. The summed E-state index contributed by atoms with van der Waals surface area (Å²) in [6.45, 7) is 15.1. The highest BCUT2D eigenvalue weighted by Gasteiger charge is 2.12. The lowest BCUT2D eigenvalue weighted by Gasteiger charge is -2.19. The molecule has 3 heteroatoms. The van der Waals surface area contributed by atoms with Gasteiger partial charge in [-0.25, -0.2) is 0 Å². The molecular formula is C18H30OS2. The van der Waals surface area contributed by atoms with Crippen LogP contribution in [0.1, 0.15) is 52.7 Å². The fraction of sp³-hybridized carbons (Fsp3) is 0.667. The molecule has 0 atom stereocenters. The molecular weight excluding hydrogens is 296 g/mol. The summed E-state index contributed by atoms with van der Waals surface area (Å²) in [6.07, 6.45) is 0. The Morgan fingerprint density at radius 1 is 0.905 bits per heavy atom. The van der Waals surface area contributed by atoms with Gasteiger partial charge >= 0.3 is 0 Å². The largest absolute Gasteiger partial charge is 0.376 e. The summed E-state index contributed by atoms with van der Waals surface area (Å²) in [5.41, 5.74) is 3.27. The average Bonchev–Trinajstić information content (AvgIpc) is 2.36. The van der Waals surface area contributed by atoms with Gasteiger partial charge in [0.05, 0.1) is 13.2 Å². The quantitative estimate of drug-likeness (QED) is 0.454. The second kappa shape index (κ2) is 8.50. The predicted molar refractivity (Wildman–Crippen MR) is 99.2 cm³/mol. The first kappa shape index (κ1) is 18.9. The smallest absolute Gasteiger partial charge is 0.0717 e. The molecule has 21 heavy (non-hydrogen) atoms. The van der Waals surface area contributed by atoms with Gasteiger partial charge in [0.25, 0.3) is 0 Å². The van der Waals surface area contributed by atoms with E-state index in [0.717, 1.165) is 19.0 Å². The fourth-order valence-electron chi connectivity index (χ4n) is 1.66. The third-order valence-electron chi connectivity index (χ3n) is 2.97. The zero-order valence-electron chi connectivity index (χ0n) is 14.4. The molecule has 1 aromatic rings. The number of benzene rings is 1. The molecule has 0 unspecified atom stereocenters. The van der Waals surface area contributed by atoms with Crippen molar-refractivity contribution >= 4 is 21.6 Å². The van der Waals surface area contributed by atoms with E-state index in [1.165, 1.54) is 16.9 Å². The molecule has 0 bridgehead atoms. The lowest BCUT2D eigenvalue weighted by Crippen LogP contribution is -2.10. The monoisotopic (exact) mass is 326 g/mol. The predicted octanol–water partition coefficient (Wildman–Crippen LogP) is 5.93. The van der Waals surface area contributed by atoms with Crippen LogP contribution in [0, 0.1) is 5.41 Å². The van der Waals surface area contributed by atoms with Crippen LogP contribution in [0.3, 0.4) is 0 Å². The van der Waals surface area contributed by atoms with Gasteiger partial charge in [0.15, 0.2) is 0 Å². The van der Waals surface area contributed by atoms with E-state index in [9.17, 15) is 0 Å². The van der Waals surface area contributed by atoms with Crippen LogP contribution in [0.15, 0.2) is 24.3 Å². The minimum absolute atomic E-state index is 0.223. The molecule has 0 saturated carbocycles. The zero-order valence-corrected chi connectivity index (χ0v) is 16.0. The molecule has 0 amide bonds. The van der Waals surface area contributed by atoms with Gasteiger partial charge in [-0.05, 0) is 22.0 Å². The van der Waals surface area contributed by atoms with Crippen molar-refractivity contribution in [2.45, 2.75) is 53.6 Å². The lowest BCUT2D eigenvalue weighted by molar-refractivity contribution is 0.136. The van der Waals surface area contributed by atoms with Crippen molar-refractivity contribution in [3.05, 3.63) is 35.4 Å². The fourth-order valence-corrected chi connectivity index (χ4v) is 4.27.